The molecule has 0 aromatic carbocycles. The summed E-state index contributed by atoms with van der Waals surface area (Å²) in [4.78, 5) is 12.3. The molecule has 0 amide bonds. The molecule has 2 rings (SSSR count). The van der Waals surface area contributed by atoms with E-state index in [4.69, 9.17) is 0 Å². The highest BCUT2D eigenvalue weighted by atomic mass is 16.3. The summed E-state index contributed by atoms with van der Waals surface area (Å²) >= 11 is 0. The number of carbonyl (C=O) groups excluding carboxylic acids is 1. The fourth-order valence-electron chi connectivity index (χ4n) is 4.23. The topological polar surface area (TPSA) is 112 Å². The number of unbranched alkanes of at least 4 members (excludes halogenated alkanes) is 5. The van der Waals surface area contributed by atoms with E-state index in [9.17, 15) is 15.0 Å². The molecule has 1 saturated carbocycles. The van der Waals surface area contributed by atoms with Crippen molar-refractivity contribution in [1.29, 1.82) is 0 Å². The van der Waals surface area contributed by atoms with E-state index in [2.05, 4.69) is 27.5 Å². The first kappa shape index (κ1) is 22.0. The summed E-state index contributed by atoms with van der Waals surface area (Å²) < 4.78 is 0. The van der Waals surface area contributed by atoms with Crippen molar-refractivity contribution in [3.63, 3.8) is 0 Å². The molecule has 7 heteroatoms. The highest BCUT2D eigenvalue weighted by molar-refractivity contribution is 5.84. The van der Waals surface area contributed by atoms with Crippen LogP contribution in [-0.4, -0.2) is 48.8 Å². The van der Waals surface area contributed by atoms with Gasteiger partial charge in [0, 0.05) is 18.8 Å². The van der Waals surface area contributed by atoms with Crippen LogP contribution in [0.25, 0.3) is 0 Å². The summed E-state index contributed by atoms with van der Waals surface area (Å²) in [6.45, 7) is 2.16. The van der Waals surface area contributed by atoms with E-state index in [1.165, 1.54) is 0 Å². The van der Waals surface area contributed by atoms with Gasteiger partial charge in [0.25, 0.3) is 0 Å². The third-order valence-electron chi connectivity index (χ3n) is 5.86. The average molecular weight is 381 g/mol. The van der Waals surface area contributed by atoms with E-state index in [1.807, 2.05) is 0 Å². The summed E-state index contributed by atoms with van der Waals surface area (Å²) in [5, 5.41) is 34.3. The van der Waals surface area contributed by atoms with E-state index in [0.29, 0.717) is 12.8 Å². The number of Topliss-reactive ketones (excluding diaryl/α,β-unsaturated/α-hetero) is 1. The lowest BCUT2D eigenvalue weighted by Crippen LogP contribution is -2.22. The summed E-state index contributed by atoms with van der Waals surface area (Å²) in [5.41, 5.74) is 0. The number of carbonyl (C=O) groups is 1. The van der Waals surface area contributed by atoms with Crippen molar-refractivity contribution in [2.75, 3.05) is 0 Å². The van der Waals surface area contributed by atoms with Crippen LogP contribution in [0.5, 0.6) is 0 Å². The van der Waals surface area contributed by atoms with Crippen LogP contribution in [0.1, 0.15) is 89.8 Å². The summed E-state index contributed by atoms with van der Waals surface area (Å²) in [5.74, 6) is 0.958. The molecule has 154 valence electrons. The molecule has 0 aliphatic heterocycles. The van der Waals surface area contributed by atoms with Gasteiger partial charge in [-0.25, -0.2) is 0 Å². The smallest absolute Gasteiger partial charge is 0.174 e. The number of hydrogen-bond donors (Lipinski definition) is 3. The normalized spacial score (nSPS) is 23.8. The van der Waals surface area contributed by atoms with Gasteiger partial charge in [-0.3, -0.25) is 4.79 Å². The first-order valence-corrected chi connectivity index (χ1v) is 10.7. The Bertz CT molecular complexity index is 523. The Morgan fingerprint density at radius 1 is 1.11 bits per heavy atom. The quantitative estimate of drug-likeness (QED) is 0.428. The molecular weight excluding hydrogens is 344 g/mol. The first-order chi connectivity index (χ1) is 13.1. The number of aryl methyl sites for hydroxylation is 1. The minimum Gasteiger partial charge on any atom is -0.393 e. The van der Waals surface area contributed by atoms with Gasteiger partial charge in [0.1, 0.15) is 5.78 Å². The number of hydrogen-bond acceptors (Lipinski definition) is 6. The van der Waals surface area contributed by atoms with Crippen LogP contribution in [0.4, 0.5) is 0 Å². The Hall–Kier alpha value is -1.34. The van der Waals surface area contributed by atoms with E-state index in [1.54, 1.807) is 0 Å². The lowest BCUT2D eigenvalue weighted by atomic mass is 9.85. The molecule has 27 heavy (non-hydrogen) atoms. The van der Waals surface area contributed by atoms with Gasteiger partial charge in [0.15, 0.2) is 5.82 Å². The lowest BCUT2D eigenvalue weighted by Gasteiger charge is -2.22. The van der Waals surface area contributed by atoms with Crippen molar-refractivity contribution in [2.45, 2.75) is 103 Å². The summed E-state index contributed by atoms with van der Waals surface area (Å²) in [7, 11) is 0. The van der Waals surface area contributed by atoms with E-state index in [-0.39, 0.29) is 23.7 Å². The molecular formula is C20H36N4O3. The molecule has 1 aromatic heterocycles. The molecule has 0 bridgehead atoms. The van der Waals surface area contributed by atoms with Crippen LogP contribution in [0.15, 0.2) is 0 Å². The lowest BCUT2D eigenvalue weighted by molar-refractivity contribution is -0.121. The van der Waals surface area contributed by atoms with Gasteiger partial charge in [-0.05, 0) is 38.0 Å². The molecule has 1 aliphatic carbocycles. The molecule has 1 heterocycles. The summed E-state index contributed by atoms with van der Waals surface area (Å²) in [6.07, 6.45) is 11.0. The monoisotopic (exact) mass is 380 g/mol. The van der Waals surface area contributed by atoms with Gasteiger partial charge >= 0.3 is 0 Å². The van der Waals surface area contributed by atoms with Crippen molar-refractivity contribution in [3.05, 3.63) is 5.82 Å². The fourth-order valence-corrected chi connectivity index (χ4v) is 4.23. The number of tetrazole rings is 1. The second-order valence-corrected chi connectivity index (χ2v) is 8.02. The molecule has 7 nitrogen and oxygen atoms in total. The van der Waals surface area contributed by atoms with E-state index < -0.39 is 6.10 Å². The number of nitrogens with one attached hydrogen (secondary N) is 1. The molecule has 0 spiro atoms. The highest BCUT2D eigenvalue weighted by Gasteiger charge is 2.40. The van der Waals surface area contributed by atoms with E-state index in [0.717, 1.165) is 76.5 Å². The van der Waals surface area contributed by atoms with Crippen molar-refractivity contribution in [2.24, 2.45) is 11.8 Å². The summed E-state index contributed by atoms with van der Waals surface area (Å²) in [6, 6.07) is 0. The highest BCUT2D eigenvalue weighted by Crippen LogP contribution is 2.36. The standard InChI is InChI=1S/C20H36N4O3/c1-2-3-6-9-15(25)12-13-17-16(18(26)14-19(17)27)10-7-4-5-8-11-20-21-23-24-22-20/h15-17,19,25,27H,2-14H2,1H3,(H,21,22,23,24)/t15?,16-,17-,19-/m1/s1. The Balaban J connectivity index is 1.64. The fraction of sp³-hybridized carbons (Fsp3) is 0.900. The van der Waals surface area contributed by atoms with Crippen molar-refractivity contribution in [3.8, 4) is 0 Å². The number of ketones is 1. The van der Waals surface area contributed by atoms with Crippen LogP contribution in [-0.2, 0) is 11.2 Å². The Morgan fingerprint density at radius 3 is 2.67 bits per heavy atom. The second-order valence-electron chi connectivity index (χ2n) is 8.02. The molecule has 1 unspecified atom stereocenters. The Kier molecular flexibility index (Phi) is 9.91. The number of aliphatic hydroxyl groups excluding tert-OH is 2. The van der Waals surface area contributed by atoms with Crippen LogP contribution in [0, 0.1) is 11.8 Å². The maximum Gasteiger partial charge on any atom is 0.174 e. The van der Waals surface area contributed by atoms with Crippen LogP contribution in [0.3, 0.4) is 0 Å². The van der Waals surface area contributed by atoms with Gasteiger partial charge in [0.2, 0.25) is 0 Å². The molecule has 0 radical (unpaired) electrons. The molecule has 1 aliphatic rings. The van der Waals surface area contributed by atoms with Gasteiger partial charge in [0.05, 0.1) is 12.2 Å². The molecule has 3 N–H and O–H groups in total. The molecule has 4 atom stereocenters. The van der Waals surface area contributed by atoms with Gasteiger partial charge in [-0.15, -0.1) is 10.2 Å². The molecule has 1 fully saturated rings. The molecule has 1 aromatic rings. The number of rotatable bonds is 14. The zero-order valence-electron chi connectivity index (χ0n) is 16.6. The second kappa shape index (κ2) is 12.2. The number of aliphatic hydroxyl groups is 2. The Labute approximate surface area is 162 Å². The third kappa shape index (κ3) is 7.66. The third-order valence-corrected chi connectivity index (χ3v) is 5.86. The molecule has 0 saturated heterocycles. The first-order valence-electron chi connectivity index (χ1n) is 10.7. The maximum atomic E-state index is 12.3. The minimum atomic E-state index is -0.524. The van der Waals surface area contributed by atoms with Gasteiger partial charge < -0.3 is 10.2 Å². The number of nitrogens with zero attached hydrogens (tertiary/aromatic N) is 3. The van der Waals surface area contributed by atoms with Crippen LogP contribution < -0.4 is 0 Å². The largest absolute Gasteiger partial charge is 0.393 e. The zero-order chi connectivity index (χ0) is 19.5. The van der Waals surface area contributed by atoms with Crippen LogP contribution in [0.2, 0.25) is 0 Å². The van der Waals surface area contributed by atoms with Gasteiger partial charge in [-0.2, -0.15) is 5.21 Å². The predicted octanol–water partition coefficient (Wildman–Crippen LogP) is 2.98. The predicted molar refractivity (Wildman–Crippen MR) is 103 cm³/mol. The van der Waals surface area contributed by atoms with Crippen LogP contribution >= 0.6 is 0 Å². The minimum absolute atomic E-state index is 0.0256. The number of H-pyrrole nitrogens is 1. The van der Waals surface area contributed by atoms with Crippen molar-refractivity contribution in [1.82, 2.24) is 20.6 Å². The average Bonchev–Trinajstić information content (AvgIpc) is 3.24. The SMILES string of the molecule is CCCCCC(O)CC[C@H]1[C@H](O)CC(=O)[C@@H]1CCCCCCc1nn[nH]n1. The Morgan fingerprint density at radius 2 is 1.93 bits per heavy atom. The zero-order valence-corrected chi connectivity index (χ0v) is 16.6. The van der Waals surface area contributed by atoms with E-state index >= 15 is 0 Å². The number of aromatic amines is 1. The maximum absolute atomic E-state index is 12.3. The van der Waals surface area contributed by atoms with Crippen molar-refractivity contribution < 1.29 is 15.0 Å². The van der Waals surface area contributed by atoms with Crippen molar-refractivity contribution >= 4 is 5.78 Å². The number of aromatic nitrogens is 4. The van der Waals surface area contributed by atoms with Gasteiger partial charge in [-0.1, -0.05) is 50.7 Å².